The Bertz CT molecular complexity index is 2000. The Labute approximate surface area is 338 Å². The standard InChI is InChI=1S/C21H26N2O7.C21H28N2O5/c1-12(2)30-21(25)18-14(4)22-13(3)17(20(24)29-10-9-28-5)19(18)15-7-6-8-16(11-15)23(26)27;1-12(2)28-21(25)18-14(4)23-13(3)17(20(24)27-10-9-26-5)19(18)15-7-6-8-16(22)11-15/h6-8,11-12,19,22H,9-10H2,1-5H3;6-8,11-12,19,23H,9-10,22H2,1-5H3. The summed E-state index contributed by atoms with van der Waals surface area (Å²) < 4.78 is 31.3. The number of esters is 4. The quantitative estimate of drug-likeness (QED) is 0.0497. The van der Waals surface area contributed by atoms with Crippen LogP contribution in [0.3, 0.4) is 0 Å². The summed E-state index contributed by atoms with van der Waals surface area (Å²) in [5, 5.41) is 17.4. The number of carbonyl (C=O) groups is 4. The first-order chi connectivity index (χ1) is 27.4. The largest absolute Gasteiger partial charge is 0.460 e. The highest BCUT2D eigenvalue weighted by Gasteiger charge is 2.40. The number of hydrogen-bond acceptors (Lipinski definition) is 15. The average molecular weight is 807 g/mol. The number of nitro groups is 1. The van der Waals surface area contributed by atoms with Crippen molar-refractivity contribution in [3.05, 3.63) is 115 Å². The van der Waals surface area contributed by atoms with Crippen molar-refractivity contribution in [2.45, 2.75) is 79.4 Å². The van der Waals surface area contributed by atoms with Crippen molar-refractivity contribution in [2.75, 3.05) is 46.4 Å². The van der Waals surface area contributed by atoms with E-state index in [-0.39, 0.29) is 55.5 Å². The molecule has 0 aliphatic carbocycles. The second kappa shape index (κ2) is 21.5. The number of ether oxygens (including phenoxy) is 6. The number of nitrogens with one attached hydrogen (secondary N) is 2. The Hall–Kier alpha value is -6.00. The lowest BCUT2D eigenvalue weighted by molar-refractivity contribution is -0.384. The molecule has 0 saturated heterocycles. The average Bonchev–Trinajstić information content (AvgIpc) is 3.13. The van der Waals surface area contributed by atoms with Crippen LogP contribution in [0.5, 0.6) is 0 Å². The zero-order valence-corrected chi connectivity index (χ0v) is 34.7. The molecule has 0 fully saturated rings. The molecule has 0 bridgehead atoms. The van der Waals surface area contributed by atoms with Crippen LogP contribution >= 0.6 is 0 Å². The fourth-order valence-electron chi connectivity index (χ4n) is 6.44. The van der Waals surface area contributed by atoms with Gasteiger partial charge in [-0.05, 0) is 78.6 Å². The summed E-state index contributed by atoms with van der Waals surface area (Å²) in [4.78, 5) is 62.3. The van der Waals surface area contributed by atoms with Crippen LogP contribution in [0.25, 0.3) is 0 Å². The fraction of sp³-hybridized carbons (Fsp3) is 0.429. The molecule has 2 aliphatic heterocycles. The van der Waals surface area contributed by atoms with Crippen molar-refractivity contribution in [3.63, 3.8) is 0 Å². The Morgan fingerprint density at radius 2 is 1.02 bits per heavy atom. The topological polar surface area (TPSA) is 217 Å². The summed E-state index contributed by atoms with van der Waals surface area (Å²) >= 11 is 0. The van der Waals surface area contributed by atoms with Gasteiger partial charge < -0.3 is 44.8 Å². The van der Waals surface area contributed by atoms with Gasteiger partial charge in [0.05, 0.1) is 64.5 Å². The lowest BCUT2D eigenvalue weighted by atomic mass is 9.80. The van der Waals surface area contributed by atoms with E-state index in [1.165, 1.54) is 32.4 Å². The first-order valence-electron chi connectivity index (χ1n) is 18.6. The number of rotatable bonds is 15. The molecule has 0 spiro atoms. The smallest absolute Gasteiger partial charge is 0.337 e. The molecular formula is C42H54N4O12. The fourth-order valence-corrected chi connectivity index (χ4v) is 6.44. The summed E-state index contributed by atoms with van der Waals surface area (Å²) in [6.45, 7) is 14.6. The summed E-state index contributed by atoms with van der Waals surface area (Å²) in [6.07, 6.45) is -0.675. The lowest BCUT2D eigenvalue weighted by Gasteiger charge is -2.31. The maximum absolute atomic E-state index is 12.9. The van der Waals surface area contributed by atoms with Crippen molar-refractivity contribution in [3.8, 4) is 0 Å². The van der Waals surface area contributed by atoms with Gasteiger partial charge in [-0.2, -0.15) is 0 Å². The van der Waals surface area contributed by atoms with Gasteiger partial charge in [-0.3, -0.25) is 10.1 Å². The molecule has 0 saturated carbocycles. The van der Waals surface area contributed by atoms with E-state index < -0.39 is 40.6 Å². The van der Waals surface area contributed by atoms with Crippen LogP contribution in [-0.4, -0.2) is 81.7 Å². The molecule has 4 N–H and O–H groups in total. The number of hydrogen-bond donors (Lipinski definition) is 3. The molecule has 16 heteroatoms. The highest BCUT2D eigenvalue weighted by atomic mass is 16.6. The molecule has 2 unspecified atom stereocenters. The van der Waals surface area contributed by atoms with Gasteiger partial charge in [-0.15, -0.1) is 0 Å². The number of allylic oxidation sites excluding steroid dienone is 4. The van der Waals surface area contributed by atoms with Crippen molar-refractivity contribution < 1.29 is 52.5 Å². The monoisotopic (exact) mass is 806 g/mol. The molecule has 0 amide bonds. The maximum Gasteiger partial charge on any atom is 0.337 e. The number of dihydropyridines is 2. The first-order valence-corrected chi connectivity index (χ1v) is 18.6. The van der Waals surface area contributed by atoms with Crippen molar-refractivity contribution in [2.24, 2.45) is 0 Å². The van der Waals surface area contributed by atoms with Gasteiger partial charge in [0.1, 0.15) is 13.2 Å². The van der Waals surface area contributed by atoms with Gasteiger partial charge in [0.25, 0.3) is 5.69 Å². The van der Waals surface area contributed by atoms with Crippen LogP contribution < -0.4 is 16.4 Å². The molecule has 16 nitrogen and oxygen atoms in total. The second-order valence-electron chi connectivity index (χ2n) is 14.0. The van der Waals surface area contributed by atoms with Crippen LogP contribution in [0.4, 0.5) is 11.4 Å². The van der Waals surface area contributed by atoms with Gasteiger partial charge in [0, 0.05) is 54.8 Å². The Morgan fingerprint density at radius 1 is 0.638 bits per heavy atom. The third kappa shape index (κ3) is 12.0. The predicted octanol–water partition coefficient (Wildman–Crippen LogP) is 5.62. The summed E-state index contributed by atoms with van der Waals surface area (Å²) in [5.41, 5.74) is 10.8. The highest BCUT2D eigenvalue weighted by Crippen LogP contribution is 2.41. The third-order valence-electron chi connectivity index (χ3n) is 8.79. The van der Waals surface area contributed by atoms with Crippen molar-refractivity contribution in [1.82, 2.24) is 10.6 Å². The molecule has 314 valence electrons. The molecular weight excluding hydrogens is 752 g/mol. The molecule has 2 heterocycles. The third-order valence-corrected chi connectivity index (χ3v) is 8.79. The molecule has 0 radical (unpaired) electrons. The first kappa shape index (κ1) is 46.4. The summed E-state index contributed by atoms with van der Waals surface area (Å²) in [6, 6.07) is 13.0. The van der Waals surface area contributed by atoms with Crippen molar-refractivity contribution in [1.29, 1.82) is 0 Å². The minimum absolute atomic E-state index is 0.0300. The zero-order chi connectivity index (χ0) is 43.3. The molecule has 2 atom stereocenters. The molecule has 2 aromatic carbocycles. The number of benzene rings is 2. The number of non-ortho nitro benzene ring substituents is 1. The van der Waals surface area contributed by atoms with Crippen LogP contribution in [-0.2, 0) is 47.6 Å². The van der Waals surface area contributed by atoms with E-state index in [9.17, 15) is 29.3 Å². The Kier molecular flexibility index (Phi) is 17.2. The van der Waals surface area contributed by atoms with Gasteiger partial charge in [-0.25, -0.2) is 19.2 Å². The van der Waals surface area contributed by atoms with Crippen LogP contribution in [0.1, 0.15) is 78.4 Å². The van der Waals surface area contributed by atoms with Crippen LogP contribution in [0.15, 0.2) is 93.6 Å². The number of nitro benzene ring substituents is 1. The van der Waals surface area contributed by atoms with E-state index >= 15 is 0 Å². The highest BCUT2D eigenvalue weighted by molar-refractivity contribution is 6.01. The van der Waals surface area contributed by atoms with E-state index in [4.69, 9.17) is 34.2 Å². The Balaban J connectivity index is 0.000000311. The number of nitrogen functional groups attached to an aromatic ring is 1. The minimum Gasteiger partial charge on any atom is -0.460 e. The summed E-state index contributed by atoms with van der Waals surface area (Å²) in [5.74, 6) is -3.78. The van der Waals surface area contributed by atoms with Gasteiger partial charge in [0.2, 0.25) is 0 Å². The van der Waals surface area contributed by atoms with E-state index in [1.807, 2.05) is 6.07 Å². The number of carbonyl (C=O) groups excluding carboxylic acids is 4. The predicted molar refractivity (Wildman–Crippen MR) is 215 cm³/mol. The normalized spacial score (nSPS) is 16.6. The SMILES string of the molecule is COCCOC(=O)C1=C(C)NC(C)=C(C(=O)OC(C)C)C1c1cccc(N)c1.COCCOC(=O)C1=C(C)NC(C)=C(C(=O)OC(C)C)C1c1cccc([N+](=O)[O-])c1. The number of methoxy groups -OCH3 is 2. The Morgan fingerprint density at radius 3 is 1.38 bits per heavy atom. The van der Waals surface area contributed by atoms with E-state index in [0.29, 0.717) is 45.2 Å². The van der Waals surface area contributed by atoms with Crippen LogP contribution in [0, 0.1) is 10.1 Å². The zero-order valence-electron chi connectivity index (χ0n) is 34.7. The van der Waals surface area contributed by atoms with Gasteiger partial charge in [-0.1, -0.05) is 24.3 Å². The summed E-state index contributed by atoms with van der Waals surface area (Å²) in [7, 11) is 3.01. The number of nitrogens with two attached hydrogens (primary N) is 1. The molecule has 58 heavy (non-hydrogen) atoms. The van der Waals surface area contributed by atoms with Gasteiger partial charge >= 0.3 is 23.9 Å². The number of nitrogens with zero attached hydrogens (tertiary/aromatic N) is 1. The van der Waals surface area contributed by atoms with E-state index in [2.05, 4.69) is 10.6 Å². The maximum atomic E-state index is 12.9. The van der Waals surface area contributed by atoms with Crippen LogP contribution in [0.2, 0.25) is 0 Å². The van der Waals surface area contributed by atoms with Gasteiger partial charge in [0.15, 0.2) is 0 Å². The second-order valence-corrected chi connectivity index (χ2v) is 14.0. The van der Waals surface area contributed by atoms with Crippen molar-refractivity contribution >= 4 is 35.3 Å². The molecule has 4 rings (SSSR count). The lowest BCUT2D eigenvalue weighted by Crippen LogP contribution is -2.33. The number of anilines is 1. The molecule has 0 aromatic heterocycles. The van der Waals surface area contributed by atoms with E-state index in [1.54, 1.807) is 79.7 Å². The minimum atomic E-state index is -0.882. The van der Waals surface area contributed by atoms with E-state index in [0.717, 1.165) is 5.56 Å². The molecule has 2 aromatic rings. The molecule has 2 aliphatic rings.